The molecule has 3 N–H and O–H groups in total. The van der Waals surface area contributed by atoms with Crippen molar-refractivity contribution in [1.29, 1.82) is 0 Å². The van der Waals surface area contributed by atoms with Crippen LogP contribution in [0.25, 0.3) is 0 Å². The van der Waals surface area contributed by atoms with Crippen molar-refractivity contribution in [2.24, 2.45) is 11.7 Å². The largest absolute Gasteiger partial charge is 0.324 e. The number of hydrogen-bond acceptors (Lipinski definition) is 2. The third-order valence-electron chi connectivity index (χ3n) is 4.07. The molecule has 1 fully saturated rings. The molecule has 0 heterocycles. The fraction of sp³-hybridized carbons (Fsp3) is 0.571. The minimum atomic E-state index is 0.228. The minimum Gasteiger partial charge on any atom is -0.324 e. The van der Waals surface area contributed by atoms with Crippen molar-refractivity contribution in [2.75, 3.05) is 0 Å². The Morgan fingerprint density at radius 3 is 2.50 bits per heavy atom. The summed E-state index contributed by atoms with van der Waals surface area (Å²) in [6.45, 7) is 2.33. The highest BCUT2D eigenvalue weighted by molar-refractivity contribution is 5.37. The van der Waals surface area contributed by atoms with Crippen molar-refractivity contribution >= 4 is 0 Å². The maximum absolute atomic E-state index is 6.16. The first-order valence-corrected chi connectivity index (χ1v) is 6.34. The van der Waals surface area contributed by atoms with Crippen LogP contribution < -0.4 is 11.1 Å². The van der Waals surface area contributed by atoms with Crippen molar-refractivity contribution in [3.8, 4) is 0 Å². The normalized spacial score (nSPS) is 36.9. The van der Waals surface area contributed by atoms with Gasteiger partial charge in [0.25, 0.3) is 0 Å². The summed E-state index contributed by atoms with van der Waals surface area (Å²) in [5.41, 5.74) is 8.92. The van der Waals surface area contributed by atoms with E-state index in [1.54, 1.807) is 0 Å². The molecule has 0 bridgehead atoms. The second-order valence-electron chi connectivity index (χ2n) is 5.46. The van der Waals surface area contributed by atoms with E-state index in [1.807, 2.05) is 0 Å². The molecular weight excluding hydrogens is 196 g/mol. The molecule has 2 unspecified atom stereocenters. The lowest BCUT2D eigenvalue weighted by molar-refractivity contribution is 0.220. The molecule has 0 aliphatic heterocycles. The zero-order valence-electron chi connectivity index (χ0n) is 9.82. The van der Waals surface area contributed by atoms with Crippen molar-refractivity contribution in [1.82, 2.24) is 5.32 Å². The van der Waals surface area contributed by atoms with Gasteiger partial charge in [0.2, 0.25) is 0 Å². The molecule has 2 aliphatic carbocycles. The molecule has 2 heteroatoms. The van der Waals surface area contributed by atoms with Crippen LogP contribution in [0.15, 0.2) is 24.3 Å². The summed E-state index contributed by atoms with van der Waals surface area (Å²) >= 11 is 0. The van der Waals surface area contributed by atoms with E-state index in [0.717, 1.165) is 18.4 Å². The van der Waals surface area contributed by atoms with Crippen LogP contribution in [0.2, 0.25) is 0 Å². The second-order valence-corrected chi connectivity index (χ2v) is 5.46. The van der Waals surface area contributed by atoms with Crippen LogP contribution in [0.3, 0.4) is 0 Å². The van der Waals surface area contributed by atoms with Gasteiger partial charge in [-0.3, -0.25) is 0 Å². The average molecular weight is 216 g/mol. The topological polar surface area (TPSA) is 38.0 Å². The first kappa shape index (κ1) is 10.3. The third kappa shape index (κ3) is 1.66. The van der Waals surface area contributed by atoms with Crippen LogP contribution in [0.5, 0.6) is 0 Å². The zero-order valence-corrected chi connectivity index (χ0v) is 9.82. The molecule has 2 atom stereocenters. The Morgan fingerprint density at radius 1 is 1.12 bits per heavy atom. The van der Waals surface area contributed by atoms with Gasteiger partial charge in [-0.05, 0) is 36.3 Å². The van der Waals surface area contributed by atoms with Gasteiger partial charge in [0.1, 0.15) is 0 Å². The fourth-order valence-electron chi connectivity index (χ4n) is 3.15. The van der Waals surface area contributed by atoms with E-state index in [1.165, 1.54) is 24.0 Å². The lowest BCUT2D eigenvalue weighted by Crippen LogP contribution is -2.41. The quantitative estimate of drug-likeness (QED) is 0.797. The standard InChI is InChI=1S/C14H20N2/c1-9-6-10(7-9)16-14-8-13(15)11-4-2-3-5-12(11)14/h2-5,9-10,13-14,16H,6-8,15H2,1H3. The predicted molar refractivity (Wildman–Crippen MR) is 66.1 cm³/mol. The lowest BCUT2D eigenvalue weighted by atomic mass is 9.81. The van der Waals surface area contributed by atoms with E-state index >= 15 is 0 Å². The van der Waals surface area contributed by atoms with E-state index < -0.39 is 0 Å². The Balaban J connectivity index is 1.74. The van der Waals surface area contributed by atoms with Gasteiger partial charge in [0, 0.05) is 18.1 Å². The number of rotatable bonds is 2. The third-order valence-corrected chi connectivity index (χ3v) is 4.07. The summed E-state index contributed by atoms with van der Waals surface area (Å²) in [6, 6.07) is 10.0. The Kier molecular flexibility index (Phi) is 2.49. The number of fused-ring (bicyclic) bond motifs is 1. The molecule has 16 heavy (non-hydrogen) atoms. The highest BCUT2D eigenvalue weighted by Gasteiger charge is 2.33. The first-order chi connectivity index (χ1) is 7.74. The molecule has 86 valence electrons. The SMILES string of the molecule is CC1CC(NC2CC(N)c3ccccc32)C1. The van der Waals surface area contributed by atoms with Crippen LogP contribution in [0.1, 0.15) is 49.4 Å². The zero-order chi connectivity index (χ0) is 11.1. The van der Waals surface area contributed by atoms with Crippen LogP contribution in [-0.2, 0) is 0 Å². The van der Waals surface area contributed by atoms with Gasteiger partial charge < -0.3 is 11.1 Å². The second kappa shape index (κ2) is 3.86. The molecule has 0 radical (unpaired) electrons. The number of benzene rings is 1. The van der Waals surface area contributed by atoms with Crippen LogP contribution in [-0.4, -0.2) is 6.04 Å². The van der Waals surface area contributed by atoms with E-state index in [9.17, 15) is 0 Å². The molecule has 1 aromatic carbocycles. The molecule has 3 rings (SSSR count). The maximum Gasteiger partial charge on any atom is 0.0344 e. The Labute approximate surface area is 97.2 Å². The molecular formula is C14H20N2. The van der Waals surface area contributed by atoms with Gasteiger partial charge in [0.15, 0.2) is 0 Å². The van der Waals surface area contributed by atoms with E-state index in [4.69, 9.17) is 5.73 Å². The summed E-state index contributed by atoms with van der Waals surface area (Å²) in [4.78, 5) is 0. The number of nitrogens with two attached hydrogens (primary N) is 1. The van der Waals surface area contributed by atoms with Gasteiger partial charge in [-0.15, -0.1) is 0 Å². The molecule has 0 amide bonds. The van der Waals surface area contributed by atoms with E-state index in [0.29, 0.717) is 6.04 Å². The van der Waals surface area contributed by atoms with Gasteiger partial charge in [-0.25, -0.2) is 0 Å². The minimum absolute atomic E-state index is 0.228. The molecule has 2 nitrogen and oxygen atoms in total. The monoisotopic (exact) mass is 216 g/mol. The summed E-state index contributed by atoms with van der Waals surface area (Å²) in [5.74, 6) is 0.905. The Hall–Kier alpha value is -0.860. The van der Waals surface area contributed by atoms with Gasteiger partial charge in [0.05, 0.1) is 0 Å². The van der Waals surface area contributed by atoms with Crippen LogP contribution in [0, 0.1) is 5.92 Å². The van der Waals surface area contributed by atoms with Gasteiger partial charge >= 0.3 is 0 Å². The summed E-state index contributed by atoms with van der Waals surface area (Å²) in [5, 5.41) is 3.75. The highest BCUT2D eigenvalue weighted by atomic mass is 15.0. The van der Waals surface area contributed by atoms with Gasteiger partial charge in [-0.1, -0.05) is 31.2 Å². The molecule has 0 aromatic heterocycles. The van der Waals surface area contributed by atoms with E-state index in [2.05, 4.69) is 36.5 Å². The molecule has 1 aromatic rings. The number of hydrogen-bond donors (Lipinski definition) is 2. The van der Waals surface area contributed by atoms with Crippen LogP contribution >= 0.6 is 0 Å². The number of nitrogens with one attached hydrogen (secondary N) is 1. The Morgan fingerprint density at radius 2 is 1.81 bits per heavy atom. The molecule has 1 saturated carbocycles. The van der Waals surface area contributed by atoms with Crippen LogP contribution in [0.4, 0.5) is 0 Å². The molecule has 0 spiro atoms. The van der Waals surface area contributed by atoms with E-state index in [-0.39, 0.29) is 6.04 Å². The lowest BCUT2D eigenvalue weighted by Gasteiger charge is -2.36. The Bertz CT molecular complexity index is 382. The predicted octanol–water partition coefficient (Wildman–Crippen LogP) is 2.52. The summed E-state index contributed by atoms with van der Waals surface area (Å²) < 4.78 is 0. The first-order valence-electron chi connectivity index (χ1n) is 6.34. The average Bonchev–Trinajstić information content (AvgIpc) is 2.55. The van der Waals surface area contributed by atoms with Crippen molar-refractivity contribution in [2.45, 2.75) is 44.3 Å². The van der Waals surface area contributed by atoms with Crippen molar-refractivity contribution in [3.63, 3.8) is 0 Å². The maximum atomic E-state index is 6.16. The highest BCUT2D eigenvalue weighted by Crippen LogP contribution is 2.39. The van der Waals surface area contributed by atoms with Crippen molar-refractivity contribution in [3.05, 3.63) is 35.4 Å². The van der Waals surface area contributed by atoms with Gasteiger partial charge in [-0.2, -0.15) is 0 Å². The fourth-order valence-corrected chi connectivity index (χ4v) is 3.15. The van der Waals surface area contributed by atoms with Crippen molar-refractivity contribution < 1.29 is 0 Å². The molecule has 2 aliphatic rings. The summed E-state index contributed by atoms with van der Waals surface area (Å²) in [7, 11) is 0. The summed E-state index contributed by atoms with van der Waals surface area (Å²) in [6.07, 6.45) is 3.71. The smallest absolute Gasteiger partial charge is 0.0344 e. The molecule has 0 saturated heterocycles.